The number of nitrogens with zero attached hydrogens (tertiary/aromatic N) is 4. The molecular weight excluding hydrogens is 384 g/mol. The number of benzene rings is 1. The van der Waals surface area contributed by atoms with Crippen LogP contribution < -0.4 is 0 Å². The number of rotatable bonds is 5. The third kappa shape index (κ3) is 4.36. The SMILES string of the molecule is CSc1nnc(C2CCCCC2)n1/N=C\C(Br)=C/c1ccccc1. The molecule has 0 N–H and O–H groups in total. The molecule has 0 bridgehead atoms. The van der Waals surface area contributed by atoms with Crippen molar-refractivity contribution in [1.29, 1.82) is 0 Å². The zero-order valence-corrected chi connectivity index (χ0v) is 16.1. The van der Waals surface area contributed by atoms with Crippen molar-refractivity contribution in [3.8, 4) is 0 Å². The minimum absolute atomic E-state index is 0.473. The Morgan fingerprint density at radius 3 is 2.67 bits per heavy atom. The van der Waals surface area contributed by atoms with Gasteiger partial charge in [-0.1, -0.05) is 61.4 Å². The molecule has 0 aliphatic heterocycles. The Kier molecular flexibility index (Phi) is 6.26. The van der Waals surface area contributed by atoms with E-state index in [9.17, 15) is 0 Å². The van der Waals surface area contributed by atoms with Crippen molar-refractivity contribution in [2.75, 3.05) is 6.26 Å². The van der Waals surface area contributed by atoms with Gasteiger partial charge in [0.15, 0.2) is 5.82 Å². The molecule has 0 radical (unpaired) electrons. The molecule has 1 aromatic heterocycles. The van der Waals surface area contributed by atoms with E-state index in [4.69, 9.17) is 0 Å². The van der Waals surface area contributed by atoms with E-state index in [1.165, 1.54) is 32.1 Å². The van der Waals surface area contributed by atoms with Crippen LogP contribution in [-0.2, 0) is 0 Å². The molecule has 4 nitrogen and oxygen atoms in total. The molecule has 2 aromatic rings. The van der Waals surface area contributed by atoms with Crippen molar-refractivity contribution in [3.63, 3.8) is 0 Å². The van der Waals surface area contributed by atoms with Gasteiger partial charge in [0, 0.05) is 10.4 Å². The smallest absolute Gasteiger partial charge is 0.191 e. The molecular formula is C18H21BrN4S. The van der Waals surface area contributed by atoms with E-state index in [2.05, 4.69) is 43.4 Å². The third-order valence-electron chi connectivity index (χ3n) is 4.19. The molecule has 1 aliphatic rings. The lowest BCUT2D eigenvalue weighted by Gasteiger charge is -2.20. The second kappa shape index (κ2) is 8.62. The number of halogens is 1. The molecule has 0 unspecified atom stereocenters. The fourth-order valence-corrected chi connectivity index (χ4v) is 3.78. The summed E-state index contributed by atoms with van der Waals surface area (Å²) in [6.07, 6.45) is 12.1. The van der Waals surface area contributed by atoms with Crippen LogP contribution in [0.3, 0.4) is 0 Å². The molecule has 1 aliphatic carbocycles. The summed E-state index contributed by atoms with van der Waals surface area (Å²) in [4.78, 5) is 0. The first-order chi connectivity index (χ1) is 11.8. The Balaban J connectivity index is 1.83. The highest BCUT2D eigenvalue weighted by atomic mass is 79.9. The number of aromatic nitrogens is 3. The summed E-state index contributed by atoms with van der Waals surface area (Å²) in [6.45, 7) is 0. The molecule has 1 aromatic carbocycles. The topological polar surface area (TPSA) is 43.1 Å². The van der Waals surface area contributed by atoms with Crippen LogP contribution in [0.4, 0.5) is 0 Å². The molecule has 24 heavy (non-hydrogen) atoms. The van der Waals surface area contributed by atoms with E-state index >= 15 is 0 Å². The van der Waals surface area contributed by atoms with Crippen LogP contribution in [0.2, 0.25) is 0 Å². The first kappa shape index (κ1) is 17.4. The fraction of sp³-hybridized carbons (Fsp3) is 0.389. The lowest BCUT2D eigenvalue weighted by atomic mass is 9.89. The maximum Gasteiger partial charge on any atom is 0.211 e. The molecule has 0 saturated heterocycles. The highest BCUT2D eigenvalue weighted by molar-refractivity contribution is 9.12. The monoisotopic (exact) mass is 404 g/mol. The first-order valence-electron chi connectivity index (χ1n) is 8.24. The van der Waals surface area contributed by atoms with E-state index in [0.717, 1.165) is 21.0 Å². The predicted octanol–water partition coefficient (Wildman–Crippen LogP) is 5.32. The molecule has 0 spiro atoms. The summed E-state index contributed by atoms with van der Waals surface area (Å²) in [5, 5.41) is 14.2. The van der Waals surface area contributed by atoms with E-state index in [0.29, 0.717) is 5.92 Å². The maximum atomic E-state index is 4.64. The van der Waals surface area contributed by atoms with Crippen molar-refractivity contribution < 1.29 is 0 Å². The minimum atomic E-state index is 0.473. The van der Waals surface area contributed by atoms with Gasteiger partial charge in [-0.2, -0.15) is 9.78 Å². The van der Waals surface area contributed by atoms with Crippen LogP contribution in [0.15, 0.2) is 45.1 Å². The summed E-state index contributed by atoms with van der Waals surface area (Å²) in [7, 11) is 0. The predicted molar refractivity (Wildman–Crippen MR) is 105 cm³/mol. The van der Waals surface area contributed by atoms with Crippen LogP contribution >= 0.6 is 27.7 Å². The van der Waals surface area contributed by atoms with Crippen LogP contribution in [0.1, 0.15) is 49.4 Å². The lowest BCUT2D eigenvalue weighted by molar-refractivity contribution is 0.417. The molecule has 1 fully saturated rings. The molecule has 6 heteroatoms. The fourth-order valence-electron chi connectivity index (χ4n) is 2.99. The summed E-state index contributed by atoms with van der Waals surface area (Å²) >= 11 is 5.16. The third-order valence-corrected chi connectivity index (χ3v) is 5.24. The number of hydrogen-bond acceptors (Lipinski definition) is 4. The van der Waals surface area contributed by atoms with Crippen molar-refractivity contribution in [2.24, 2.45) is 5.10 Å². The Morgan fingerprint density at radius 2 is 1.96 bits per heavy atom. The molecule has 1 saturated carbocycles. The van der Waals surface area contributed by atoms with Gasteiger partial charge in [0.25, 0.3) is 0 Å². The molecule has 1 heterocycles. The van der Waals surface area contributed by atoms with Gasteiger partial charge in [0.1, 0.15) is 0 Å². The van der Waals surface area contributed by atoms with E-state index < -0.39 is 0 Å². The molecule has 126 valence electrons. The zero-order chi connectivity index (χ0) is 16.8. The lowest BCUT2D eigenvalue weighted by Crippen LogP contribution is -2.10. The van der Waals surface area contributed by atoms with Crippen LogP contribution in [0.5, 0.6) is 0 Å². The van der Waals surface area contributed by atoms with E-state index in [-0.39, 0.29) is 0 Å². The summed E-state index contributed by atoms with van der Waals surface area (Å²) in [5.74, 6) is 1.47. The highest BCUT2D eigenvalue weighted by Crippen LogP contribution is 2.32. The van der Waals surface area contributed by atoms with Crippen molar-refractivity contribution in [2.45, 2.75) is 43.2 Å². The van der Waals surface area contributed by atoms with Gasteiger partial charge in [0.05, 0.1) is 6.21 Å². The molecule has 0 amide bonds. The largest absolute Gasteiger partial charge is 0.211 e. The average Bonchev–Trinajstić information content (AvgIpc) is 3.04. The normalized spacial score (nSPS) is 16.8. The van der Waals surface area contributed by atoms with Crippen LogP contribution in [0.25, 0.3) is 6.08 Å². The zero-order valence-electron chi connectivity index (χ0n) is 13.7. The number of allylic oxidation sites excluding steroid dienone is 1. The summed E-state index contributed by atoms with van der Waals surface area (Å²) in [6, 6.07) is 10.2. The highest BCUT2D eigenvalue weighted by Gasteiger charge is 2.23. The van der Waals surface area contributed by atoms with Crippen molar-refractivity contribution in [1.82, 2.24) is 14.9 Å². The quantitative estimate of drug-likeness (QED) is 0.500. The van der Waals surface area contributed by atoms with Gasteiger partial charge < -0.3 is 0 Å². The van der Waals surface area contributed by atoms with Gasteiger partial charge in [-0.25, -0.2) is 0 Å². The summed E-state index contributed by atoms with van der Waals surface area (Å²) in [5.41, 5.74) is 1.14. The number of thioether (sulfide) groups is 1. The Bertz CT molecular complexity index is 718. The van der Waals surface area contributed by atoms with Gasteiger partial charge in [0.2, 0.25) is 5.16 Å². The Hall–Kier alpha value is -1.40. The Labute approximate surface area is 155 Å². The van der Waals surface area contributed by atoms with E-state index in [1.54, 1.807) is 11.8 Å². The number of hydrogen-bond donors (Lipinski definition) is 0. The summed E-state index contributed by atoms with van der Waals surface area (Å²) < 4.78 is 2.82. The van der Waals surface area contributed by atoms with Crippen LogP contribution in [-0.4, -0.2) is 27.3 Å². The minimum Gasteiger partial charge on any atom is -0.191 e. The average molecular weight is 405 g/mol. The van der Waals surface area contributed by atoms with Crippen molar-refractivity contribution >= 4 is 40.0 Å². The molecule has 0 atom stereocenters. The van der Waals surface area contributed by atoms with Gasteiger partial charge in [-0.15, -0.1) is 10.2 Å². The second-order valence-corrected chi connectivity index (χ2v) is 7.57. The van der Waals surface area contributed by atoms with E-state index in [1.807, 2.05) is 41.4 Å². The first-order valence-corrected chi connectivity index (χ1v) is 10.3. The standard InChI is InChI=1S/C18H21BrN4S/c1-24-18-22-21-17(15-10-6-3-7-11-15)23(18)20-13-16(19)12-14-8-4-2-5-9-14/h2,4-5,8-9,12-13,15H,3,6-7,10-11H2,1H3/b16-12+,20-13-. The van der Waals surface area contributed by atoms with Crippen molar-refractivity contribution in [3.05, 3.63) is 46.2 Å². The maximum absolute atomic E-state index is 4.64. The van der Waals surface area contributed by atoms with Gasteiger partial charge in [-0.3, -0.25) is 0 Å². The molecule has 3 rings (SSSR count). The van der Waals surface area contributed by atoms with Gasteiger partial charge >= 0.3 is 0 Å². The van der Waals surface area contributed by atoms with Gasteiger partial charge in [-0.05, 0) is 46.7 Å². The Morgan fingerprint density at radius 1 is 1.21 bits per heavy atom. The second-order valence-electron chi connectivity index (χ2n) is 5.88. The van der Waals surface area contributed by atoms with Crippen LogP contribution in [0, 0.1) is 0 Å².